The van der Waals surface area contributed by atoms with Gasteiger partial charge in [0.2, 0.25) is 0 Å². The van der Waals surface area contributed by atoms with Crippen molar-refractivity contribution in [1.29, 1.82) is 5.26 Å². The van der Waals surface area contributed by atoms with E-state index in [1.165, 1.54) is 12.1 Å². The molecule has 3 rings (SSSR count). The Bertz CT molecular complexity index is 688. The molecule has 2 unspecified atom stereocenters. The van der Waals surface area contributed by atoms with Gasteiger partial charge in [-0.05, 0) is 37.8 Å². The van der Waals surface area contributed by atoms with Crippen LogP contribution in [0.3, 0.4) is 0 Å². The van der Waals surface area contributed by atoms with Crippen molar-refractivity contribution in [2.45, 2.75) is 41.8 Å². The monoisotopic (exact) mass is 295 g/mol. The van der Waals surface area contributed by atoms with Crippen molar-refractivity contribution in [3.05, 3.63) is 35.1 Å². The Balaban J connectivity index is 2.06. The number of fused-ring (bicyclic) bond motifs is 2. The van der Waals surface area contributed by atoms with Crippen LogP contribution in [0.15, 0.2) is 18.2 Å². The molecule has 2 heterocycles. The fourth-order valence-corrected chi connectivity index (χ4v) is 5.97. The van der Waals surface area contributed by atoms with Crippen molar-refractivity contribution in [2.24, 2.45) is 0 Å². The molecular formula is C14H14FNO3S. The van der Waals surface area contributed by atoms with Gasteiger partial charge in [0.15, 0.2) is 9.84 Å². The maximum atomic E-state index is 13.2. The third kappa shape index (κ3) is 1.85. The molecule has 0 saturated carbocycles. The molecule has 0 amide bonds. The normalized spacial score (nSPS) is 34.6. The lowest BCUT2D eigenvalue weighted by atomic mass is 9.83. The average Bonchev–Trinajstić information content (AvgIpc) is 2.58. The van der Waals surface area contributed by atoms with Gasteiger partial charge in [-0.15, -0.1) is 0 Å². The van der Waals surface area contributed by atoms with Crippen LogP contribution in [0.4, 0.5) is 4.39 Å². The minimum atomic E-state index is -3.15. The van der Waals surface area contributed by atoms with E-state index in [1.807, 2.05) is 6.07 Å². The lowest BCUT2D eigenvalue weighted by Crippen LogP contribution is -2.43. The summed E-state index contributed by atoms with van der Waals surface area (Å²) in [5, 5.41) is 18.8. The molecule has 4 nitrogen and oxygen atoms in total. The molecule has 2 bridgehead atoms. The average molecular weight is 295 g/mol. The number of nitrogens with zero attached hydrogens (tertiary/aromatic N) is 1. The number of benzene rings is 1. The van der Waals surface area contributed by atoms with Crippen molar-refractivity contribution in [3.63, 3.8) is 0 Å². The minimum absolute atomic E-state index is 0.0752. The summed E-state index contributed by atoms with van der Waals surface area (Å²) in [6.45, 7) is 0. The lowest BCUT2D eigenvalue weighted by molar-refractivity contribution is 0.0170. The fraction of sp³-hybridized carbons (Fsp3) is 0.500. The van der Waals surface area contributed by atoms with E-state index in [2.05, 4.69) is 0 Å². The Morgan fingerprint density at radius 1 is 1.30 bits per heavy atom. The molecule has 20 heavy (non-hydrogen) atoms. The minimum Gasteiger partial charge on any atom is -0.385 e. The lowest BCUT2D eigenvalue weighted by Gasteiger charge is -2.37. The highest BCUT2D eigenvalue weighted by molar-refractivity contribution is 7.93. The van der Waals surface area contributed by atoms with E-state index in [0.29, 0.717) is 18.4 Å². The van der Waals surface area contributed by atoms with Gasteiger partial charge in [-0.1, -0.05) is 6.07 Å². The highest BCUT2D eigenvalue weighted by Gasteiger charge is 2.53. The molecule has 2 aliphatic rings. The first-order chi connectivity index (χ1) is 9.37. The van der Waals surface area contributed by atoms with Crippen molar-refractivity contribution >= 4 is 9.84 Å². The second kappa shape index (κ2) is 4.27. The van der Waals surface area contributed by atoms with Gasteiger partial charge in [-0.25, -0.2) is 12.8 Å². The van der Waals surface area contributed by atoms with Crippen LogP contribution in [0.1, 0.15) is 36.8 Å². The number of aliphatic hydroxyl groups is 1. The summed E-state index contributed by atoms with van der Waals surface area (Å²) in [6, 6.07) is 5.55. The van der Waals surface area contributed by atoms with E-state index >= 15 is 0 Å². The Kier molecular flexibility index (Phi) is 2.89. The summed E-state index contributed by atoms with van der Waals surface area (Å²) in [6.07, 6.45) is 1.29. The molecule has 2 atom stereocenters. The van der Waals surface area contributed by atoms with Crippen LogP contribution in [-0.2, 0) is 15.4 Å². The maximum Gasteiger partial charge on any atom is 0.156 e. The van der Waals surface area contributed by atoms with Crippen molar-refractivity contribution in [3.8, 4) is 6.07 Å². The zero-order valence-electron chi connectivity index (χ0n) is 10.7. The summed E-state index contributed by atoms with van der Waals surface area (Å²) < 4.78 is 37.3. The zero-order chi connectivity index (χ0) is 14.5. The predicted molar refractivity (Wildman–Crippen MR) is 70.0 cm³/mol. The molecule has 0 radical (unpaired) electrons. The number of hydrogen-bond donors (Lipinski definition) is 1. The summed E-state index contributed by atoms with van der Waals surface area (Å²) in [4.78, 5) is 0. The van der Waals surface area contributed by atoms with Crippen LogP contribution in [-0.4, -0.2) is 24.0 Å². The van der Waals surface area contributed by atoms with E-state index in [0.717, 1.165) is 6.07 Å². The second-order valence-electron chi connectivity index (χ2n) is 5.65. The van der Waals surface area contributed by atoms with Crippen LogP contribution in [0.2, 0.25) is 0 Å². The maximum absolute atomic E-state index is 13.2. The summed E-state index contributed by atoms with van der Waals surface area (Å²) in [5.41, 5.74) is -0.935. The Labute approximate surface area is 116 Å². The van der Waals surface area contributed by atoms with Crippen LogP contribution in [0, 0.1) is 17.1 Å². The molecule has 2 saturated heterocycles. The molecule has 0 spiro atoms. The first-order valence-corrected chi connectivity index (χ1v) is 8.13. The third-order valence-electron chi connectivity index (χ3n) is 4.47. The molecule has 1 aromatic rings. The van der Waals surface area contributed by atoms with Gasteiger partial charge in [0.1, 0.15) is 5.82 Å². The summed E-state index contributed by atoms with van der Waals surface area (Å²) in [7, 11) is -3.15. The van der Waals surface area contributed by atoms with Gasteiger partial charge < -0.3 is 5.11 Å². The van der Waals surface area contributed by atoms with Crippen molar-refractivity contribution in [1.82, 2.24) is 0 Å². The standard InChI is InChI=1S/C14H14FNO3S/c15-10-1-4-13(9(5-10)8-16)14(17)6-11-2-3-12(7-14)20(11,18)19/h1,4-5,11-12,17H,2-3,6-7H2. The van der Waals surface area contributed by atoms with Gasteiger partial charge in [0.25, 0.3) is 0 Å². The number of halogens is 1. The second-order valence-corrected chi connectivity index (χ2v) is 8.16. The first-order valence-electron chi connectivity index (χ1n) is 6.52. The highest BCUT2D eigenvalue weighted by atomic mass is 32.2. The van der Waals surface area contributed by atoms with Crippen LogP contribution < -0.4 is 0 Å². The molecule has 106 valence electrons. The smallest absolute Gasteiger partial charge is 0.156 e. The largest absolute Gasteiger partial charge is 0.385 e. The zero-order valence-corrected chi connectivity index (χ0v) is 11.5. The van der Waals surface area contributed by atoms with E-state index in [-0.39, 0.29) is 18.4 Å². The van der Waals surface area contributed by atoms with Gasteiger partial charge >= 0.3 is 0 Å². The van der Waals surface area contributed by atoms with E-state index in [9.17, 15) is 17.9 Å². The van der Waals surface area contributed by atoms with Gasteiger partial charge in [-0.3, -0.25) is 0 Å². The molecule has 1 N–H and O–H groups in total. The molecule has 1 aromatic carbocycles. The molecule has 0 aromatic heterocycles. The number of sulfone groups is 1. The first kappa shape index (κ1) is 13.5. The summed E-state index contributed by atoms with van der Waals surface area (Å²) in [5.74, 6) is -0.541. The molecular weight excluding hydrogens is 281 g/mol. The van der Waals surface area contributed by atoms with Gasteiger partial charge in [-0.2, -0.15) is 5.26 Å². The Morgan fingerprint density at radius 3 is 2.45 bits per heavy atom. The number of hydrogen-bond acceptors (Lipinski definition) is 4. The van der Waals surface area contributed by atoms with E-state index in [4.69, 9.17) is 5.26 Å². The highest BCUT2D eigenvalue weighted by Crippen LogP contribution is 2.48. The van der Waals surface area contributed by atoms with E-state index < -0.39 is 31.8 Å². The molecule has 2 fully saturated rings. The van der Waals surface area contributed by atoms with Gasteiger partial charge in [0, 0.05) is 5.56 Å². The third-order valence-corrected chi connectivity index (χ3v) is 7.14. The van der Waals surface area contributed by atoms with Crippen molar-refractivity contribution < 1.29 is 17.9 Å². The Morgan fingerprint density at radius 2 is 1.90 bits per heavy atom. The number of rotatable bonds is 1. The SMILES string of the molecule is N#Cc1cc(F)ccc1C1(O)CC2CCC(C1)S2(=O)=O. The quantitative estimate of drug-likeness (QED) is 0.854. The topological polar surface area (TPSA) is 78.2 Å². The molecule has 2 aliphatic heterocycles. The summed E-state index contributed by atoms with van der Waals surface area (Å²) >= 11 is 0. The van der Waals surface area contributed by atoms with Crippen molar-refractivity contribution in [2.75, 3.05) is 0 Å². The van der Waals surface area contributed by atoms with E-state index in [1.54, 1.807) is 0 Å². The fourth-order valence-electron chi connectivity index (χ4n) is 3.48. The van der Waals surface area contributed by atoms with Crippen LogP contribution >= 0.6 is 0 Å². The number of nitriles is 1. The van der Waals surface area contributed by atoms with Gasteiger partial charge in [0.05, 0.1) is 27.7 Å². The predicted octanol–water partition coefficient (Wildman–Crippen LogP) is 1.62. The van der Waals surface area contributed by atoms with Crippen LogP contribution in [0.5, 0.6) is 0 Å². The molecule has 0 aliphatic carbocycles. The van der Waals surface area contributed by atoms with Crippen LogP contribution in [0.25, 0.3) is 0 Å². The molecule has 6 heteroatoms. The Hall–Kier alpha value is -1.45.